The molecular formula is C13H24O2. The minimum atomic E-state index is -0.512. The maximum absolute atomic E-state index is 10.7. The number of methoxy groups -OCH3 is 1. The average Bonchev–Trinajstić information content (AvgIpc) is 2.70. The molecule has 15 heavy (non-hydrogen) atoms. The highest BCUT2D eigenvalue weighted by Gasteiger charge is 2.41. The third-order valence-corrected chi connectivity index (χ3v) is 4.33. The van der Waals surface area contributed by atoms with Gasteiger partial charge in [0, 0.05) is 7.11 Å². The summed E-state index contributed by atoms with van der Waals surface area (Å²) >= 11 is 0. The van der Waals surface area contributed by atoms with Crippen molar-refractivity contribution in [3.05, 3.63) is 0 Å². The number of aliphatic hydroxyl groups is 1. The zero-order chi connectivity index (χ0) is 10.7. The lowest BCUT2D eigenvalue weighted by Crippen LogP contribution is -2.47. The van der Waals surface area contributed by atoms with Crippen molar-refractivity contribution in [2.75, 3.05) is 7.11 Å². The second kappa shape index (κ2) is 4.84. The highest BCUT2D eigenvalue weighted by molar-refractivity contribution is 4.93. The molecule has 0 heterocycles. The standard InChI is InChI=1S/C13H24O2/c1-15-12-8-4-5-9-13(12,14)10-11-6-2-3-7-11/h11-12,14H,2-10H2,1H3. The summed E-state index contributed by atoms with van der Waals surface area (Å²) in [5.41, 5.74) is -0.512. The fraction of sp³-hybridized carbons (Fsp3) is 1.00. The second-order valence-electron chi connectivity index (χ2n) is 5.43. The quantitative estimate of drug-likeness (QED) is 0.779. The van der Waals surface area contributed by atoms with Crippen LogP contribution in [-0.4, -0.2) is 23.9 Å². The van der Waals surface area contributed by atoms with Crippen LogP contribution in [0.4, 0.5) is 0 Å². The lowest BCUT2D eigenvalue weighted by molar-refractivity contribution is -0.127. The predicted octanol–water partition coefficient (Wildman–Crippen LogP) is 2.89. The molecule has 88 valence electrons. The molecule has 2 aliphatic carbocycles. The third-order valence-electron chi connectivity index (χ3n) is 4.33. The normalized spacial score (nSPS) is 38.4. The first-order valence-corrected chi connectivity index (χ1v) is 6.50. The van der Waals surface area contributed by atoms with Gasteiger partial charge in [0.25, 0.3) is 0 Å². The van der Waals surface area contributed by atoms with Crippen molar-refractivity contribution < 1.29 is 9.84 Å². The van der Waals surface area contributed by atoms with Crippen molar-refractivity contribution in [2.45, 2.75) is 69.5 Å². The van der Waals surface area contributed by atoms with Crippen molar-refractivity contribution >= 4 is 0 Å². The van der Waals surface area contributed by atoms with E-state index in [9.17, 15) is 5.11 Å². The summed E-state index contributed by atoms with van der Waals surface area (Å²) in [6.07, 6.45) is 10.8. The molecule has 2 atom stereocenters. The highest BCUT2D eigenvalue weighted by Crippen LogP contribution is 2.39. The fourth-order valence-electron chi connectivity index (χ4n) is 3.48. The maximum atomic E-state index is 10.7. The van der Waals surface area contributed by atoms with Gasteiger partial charge in [-0.25, -0.2) is 0 Å². The first-order valence-electron chi connectivity index (χ1n) is 6.50. The molecule has 2 fully saturated rings. The van der Waals surface area contributed by atoms with Crippen molar-refractivity contribution in [3.63, 3.8) is 0 Å². The smallest absolute Gasteiger partial charge is 0.0910 e. The van der Waals surface area contributed by atoms with E-state index >= 15 is 0 Å². The van der Waals surface area contributed by atoms with Gasteiger partial charge in [-0.3, -0.25) is 0 Å². The van der Waals surface area contributed by atoms with E-state index in [1.165, 1.54) is 38.5 Å². The minimum absolute atomic E-state index is 0.0897. The zero-order valence-electron chi connectivity index (χ0n) is 9.87. The molecule has 0 aromatic heterocycles. The predicted molar refractivity (Wildman–Crippen MR) is 60.8 cm³/mol. The van der Waals surface area contributed by atoms with Gasteiger partial charge in [0.05, 0.1) is 11.7 Å². The Bertz CT molecular complexity index is 199. The zero-order valence-corrected chi connectivity index (χ0v) is 9.87. The molecule has 2 heteroatoms. The van der Waals surface area contributed by atoms with Crippen LogP contribution in [0.2, 0.25) is 0 Å². The molecule has 2 aliphatic rings. The molecule has 2 nitrogen and oxygen atoms in total. The van der Waals surface area contributed by atoms with E-state index in [1.54, 1.807) is 7.11 Å². The number of hydrogen-bond donors (Lipinski definition) is 1. The van der Waals surface area contributed by atoms with E-state index in [2.05, 4.69) is 0 Å². The summed E-state index contributed by atoms with van der Waals surface area (Å²) in [5.74, 6) is 0.755. The number of ether oxygens (including phenoxy) is 1. The fourth-order valence-corrected chi connectivity index (χ4v) is 3.48. The van der Waals surface area contributed by atoms with Gasteiger partial charge in [0.1, 0.15) is 0 Å². The molecule has 1 N–H and O–H groups in total. The topological polar surface area (TPSA) is 29.5 Å². The Morgan fingerprint density at radius 3 is 2.47 bits per heavy atom. The van der Waals surface area contributed by atoms with E-state index in [0.29, 0.717) is 0 Å². The molecule has 0 aliphatic heterocycles. The molecule has 0 saturated heterocycles. The minimum Gasteiger partial charge on any atom is -0.387 e. The van der Waals surface area contributed by atoms with E-state index in [4.69, 9.17) is 4.74 Å². The molecule has 0 radical (unpaired) electrons. The molecular weight excluding hydrogens is 188 g/mol. The first-order chi connectivity index (χ1) is 7.24. The van der Waals surface area contributed by atoms with Gasteiger partial charge in [-0.1, -0.05) is 38.5 Å². The molecule has 2 saturated carbocycles. The summed E-state index contributed by atoms with van der Waals surface area (Å²) in [5, 5.41) is 10.7. The van der Waals surface area contributed by atoms with Crippen LogP contribution in [-0.2, 0) is 4.74 Å². The van der Waals surface area contributed by atoms with Crippen LogP contribution in [0.5, 0.6) is 0 Å². The van der Waals surface area contributed by atoms with Gasteiger partial charge in [-0.05, 0) is 25.2 Å². The average molecular weight is 212 g/mol. The van der Waals surface area contributed by atoms with Gasteiger partial charge < -0.3 is 9.84 Å². The number of hydrogen-bond acceptors (Lipinski definition) is 2. The van der Waals surface area contributed by atoms with E-state index in [-0.39, 0.29) is 6.10 Å². The monoisotopic (exact) mass is 212 g/mol. The van der Waals surface area contributed by atoms with Crippen molar-refractivity contribution in [1.29, 1.82) is 0 Å². The van der Waals surface area contributed by atoms with Gasteiger partial charge in [-0.2, -0.15) is 0 Å². The lowest BCUT2D eigenvalue weighted by Gasteiger charge is -2.40. The Morgan fingerprint density at radius 2 is 1.80 bits per heavy atom. The Labute approximate surface area is 93.0 Å². The van der Waals surface area contributed by atoms with Gasteiger partial charge >= 0.3 is 0 Å². The molecule has 0 bridgehead atoms. The molecule has 2 rings (SSSR count). The van der Waals surface area contributed by atoms with Gasteiger partial charge in [-0.15, -0.1) is 0 Å². The lowest BCUT2D eigenvalue weighted by atomic mass is 9.76. The highest BCUT2D eigenvalue weighted by atomic mass is 16.5. The van der Waals surface area contributed by atoms with E-state index in [1.807, 2.05) is 0 Å². The van der Waals surface area contributed by atoms with Crippen LogP contribution in [0.3, 0.4) is 0 Å². The van der Waals surface area contributed by atoms with Crippen LogP contribution in [0.25, 0.3) is 0 Å². The van der Waals surface area contributed by atoms with Crippen molar-refractivity contribution in [3.8, 4) is 0 Å². The van der Waals surface area contributed by atoms with E-state index < -0.39 is 5.60 Å². The van der Waals surface area contributed by atoms with Crippen LogP contribution in [0, 0.1) is 5.92 Å². The van der Waals surface area contributed by atoms with Crippen LogP contribution in [0.1, 0.15) is 57.8 Å². The van der Waals surface area contributed by atoms with Crippen molar-refractivity contribution in [1.82, 2.24) is 0 Å². The summed E-state index contributed by atoms with van der Waals surface area (Å²) in [4.78, 5) is 0. The Hall–Kier alpha value is -0.0800. The van der Waals surface area contributed by atoms with Crippen LogP contribution >= 0.6 is 0 Å². The van der Waals surface area contributed by atoms with Gasteiger partial charge in [0.2, 0.25) is 0 Å². The first kappa shape index (κ1) is 11.4. The summed E-state index contributed by atoms with van der Waals surface area (Å²) in [6.45, 7) is 0. The van der Waals surface area contributed by atoms with Crippen molar-refractivity contribution in [2.24, 2.45) is 5.92 Å². The summed E-state index contributed by atoms with van der Waals surface area (Å²) in [6, 6.07) is 0. The van der Waals surface area contributed by atoms with Gasteiger partial charge in [0.15, 0.2) is 0 Å². The number of rotatable bonds is 3. The Balaban J connectivity index is 1.95. The van der Waals surface area contributed by atoms with E-state index in [0.717, 1.165) is 25.2 Å². The van der Waals surface area contributed by atoms with Crippen LogP contribution in [0.15, 0.2) is 0 Å². The third kappa shape index (κ3) is 2.54. The Morgan fingerprint density at radius 1 is 1.13 bits per heavy atom. The largest absolute Gasteiger partial charge is 0.387 e. The summed E-state index contributed by atoms with van der Waals surface area (Å²) in [7, 11) is 1.75. The molecule has 0 spiro atoms. The second-order valence-corrected chi connectivity index (χ2v) is 5.43. The molecule has 0 aromatic carbocycles. The molecule has 2 unspecified atom stereocenters. The maximum Gasteiger partial charge on any atom is 0.0910 e. The summed E-state index contributed by atoms with van der Waals surface area (Å²) < 4.78 is 5.47. The molecule has 0 aromatic rings. The van der Waals surface area contributed by atoms with Crippen LogP contribution < -0.4 is 0 Å². The Kier molecular flexibility index (Phi) is 3.68. The SMILES string of the molecule is COC1CCCCC1(O)CC1CCCC1. The molecule has 0 amide bonds.